The van der Waals surface area contributed by atoms with Gasteiger partial charge in [0.2, 0.25) is 5.82 Å². The molecule has 1 saturated heterocycles. The molecule has 1 aromatic heterocycles. The number of hydrogen-bond donors (Lipinski definition) is 0. The van der Waals surface area contributed by atoms with Crippen LogP contribution < -0.4 is 4.90 Å². The van der Waals surface area contributed by atoms with Crippen LogP contribution in [0, 0.1) is 5.82 Å². The molecule has 5 nitrogen and oxygen atoms in total. The molecule has 146 valence electrons. The van der Waals surface area contributed by atoms with Crippen LogP contribution in [0.15, 0.2) is 53.1 Å². The molecule has 0 aliphatic carbocycles. The number of morpholine rings is 1. The summed E-state index contributed by atoms with van der Waals surface area (Å²) in [6, 6.07) is 13.8. The average Bonchev–Trinajstić information content (AvgIpc) is 3.19. The van der Waals surface area contributed by atoms with Crippen molar-refractivity contribution < 1.29 is 26.8 Å². The van der Waals surface area contributed by atoms with Crippen LogP contribution in [0.1, 0.15) is 17.5 Å². The summed E-state index contributed by atoms with van der Waals surface area (Å²) < 4.78 is 62.3. The Morgan fingerprint density at radius 3 is 2.54 bits per heavy atom. The van der Waals surface area contributed by atoms with Crippen molar-refractivity contribution in [3.05, 3.63) is 65.8 Å². The van der Waals surface area contributed by atoms with E-state index >= 15 is 0 Å². The van der Waals surface area contributed by atoms with Crippen molar-refractivity contribution in [1.82, 2.24) is 10.1 Å². The first kappa shape index (κ1) is 18.4. The zero-order valence-corrected chi connectivity index (χ0v) is 14.5. The van der Waals surface area contributed by atoms with Gasteiger partial charge in [-0.1, -0.05) is 35.5 Å². The fraction of sp³-hybridized carbons (Fsp3) is 0.263. The van der Waals surface area contributed by atoms with Crippen molar-refractivity contribution in [3.8, 4) is 11.4 Å². The molecule has 0 radical (unpaired) electrons. The minimum Gasteiger partial charge on any atom is -0.377 e. The monoisotopic (exact) mass is 393 g/mol. The Balaban J connectivity index is 1.64. The number of benzene rings is 2. The maximum absolute atomic E-state index is 14.7. The Morgan fingerprint density at radius 1 is 1.07 bits per heavy atom. The summed E-state index contributed by atoms with van der Waals surface area (Å²) in [4.78, 5) is 5.24. The van der Waals surface area contributed by atoms with E-state index in [-0.39, 0.29) is 11.6 Å². The molecule has 0 unspecified atom stereocenters. The second-order valence-electron chi connectivity index (χ2n) is 6.28. The smallest absolute Gasteiger partial charge is 0.377 e. The lowest BCUT2D eigenvalue weighted by atomic mass is 10.0. The molecule has 1 aliphatic rings. The second kappa shape index (κ2) is 7.23. The molecule has 9 heteroatoms. The zero-order valence-electron chi connectivity index (χ0n) is 14.5. The molecule has 1 atom stereocenters. The van der Waals surface area contributed by atoms with Gasteiger partial charge in [0.1, 0.15) is 5.82 Å². The number of nitrogens with zero attached hydrogens (tertiary/aromatic N) is 3. The first-order chi connectivity index (χ1) is 13.4. The molecular weight excluding hydrogens is 378 g/mol. The van der Waals surface area contributed by atoms with Crippen LogP contribution in [0.2, 0.25) is 0 Å². The van der Waals surface area contributed by atoms with Gasteiger partial charge in [-0.2, -0.15) is 18.2 Å². The minimum absolute atomic E-state index is 0.0952. The van der Waals surface area contributed by atoms with Crippen molar-refractivity contribution in [2.45, 2.75) is 12.2 Å². The molecule has 2 aromatic carbocycles. The molecule has 2 heterocycles. The molecule has 0 bridgehead atoms. The number of aromatic nitrogens is 2. The van der Waals surface area contributed by atoms with E-state index in [9.17, 15) is 17.6 Å². The maximum Gasteiger partial charge on any atom is 0.471 e. The number of rotatable bonds is 3. The molecule has 0 spiro atoms. The van der Waals surface area contributed by atoms with Gasteiger partial charge in [0, 0.05) is 12.2 Å². The lowest BCUT2D eigenvalue weighted by molar-refractivity contribution is -0.159. The van der Waals surface area contributed by atoms with E-state index < -0.39 is 23.7 Å². The van der Waals surface area contributed by atoms with Gasteiger partial charge in [-0.25, -0.2) is 4.39 Å². The SMILES string of the molecule is Fc1cc(N2CCOC[C@H]2c2ccccc2)ccc1-c1noc(C(F)(F)F)n1. The molecule has 0 amide bonds. The molecular formula is C19H15F4N3O2. The Morgan fingerprint density at radius 2 is 1.86 bits per heavy atom. The third kappa shape index (κ3) is 3.57. The second-order valence-corrected chi connectivity index (χ2v) is 6.28. The lowest BCUT2D eigenvalue weighted by Gasteiger charge is -2.37. The summed E-state index contributed by atoms with van der Waals surface area (Å²) in [5.74, 6) is -2.69. The highest BCUT2D eigenvalue weighted by Gasteiger charge is 2.38. The van der Waals surface area contributed by atoms with E-state index in [1.165, 1.54) is 12.1 Å². The van der Waals surface area contributed by atoms with Crippen molar-refractivity contribution in [2.24, 2.45) is 0 Å². The Kier molecular flexibility index (Phi) is 4.76. The Labute approximate surface area is 157 Å². The molecule has 1 fully saturated rings. The minimum atomic E-state index is -4.78. The molecule has 0 saturated carbocycles. The van der Waals surface area contributed by atoms with Gasteiger partial charge in [-0.3, -0.25) is 0 Å². The fourth-order valence-electron chi connectivity index (χ4n) is 3.18. The van der Waals surface area contributed by atoms with Crippen molar-refractivity contribution >= 4 is 5.69 Å². The highest BCUT2D eigenvalue weighted by Crippen LogP contribution is 2.34. The summed E-state index contributed by atoms with van der Waals surface area (Å²) in [6.07, 6.45) is -4.78. The number of alkyl halides is 3. The molecule has 1 aliphatic heterocycles. The third-order valence-electron chi connectivity index (χ3n) is 4.51. The number of hydrogen-bond acceptors (Lipinski definition) is 5. The third-order valence-corrected chi connectivity index (χ3v) is 4.51. The van der Waals surface area contributed by atoms with E-state index in [0.29, 0.717) is 25.4 Å². The van der Waals surface area contributed by atoms with Crippen LogP contribution >= 0.6 is 0 Å². The summed E-state index contributed by atoms with van der Waals surface area (Å²) in [6.45, 7) is 1.50. The van der Waals surface area contributed by atoms with Crippen LogP contribution in [0.25, 0.3) is 11.4 Å². The van der Waals surface area contributed by atoms with Crippen LogP contribution in [0.4, 0.5) is 23.2 Å². The van der Waals surface area contributed by atoms with E-state index in [1.54, 1.807) is 6.07 Å². The first-order valence-electron chi connectivity index (χ1n) is 8.53. The predicted molar refractivity (Wildman–Crippen MR) is 92.0 cm³/mol. The zero-order chi connectivity index (χ0) is 19.7. The van der Waals surface area contributed by atoms with E-state index in [0.717, 1.165) is 5.56 Å². The van der Waals surface area contributed by atoms with E-state index in [1.807, 2.05) is 35.2 Å². The summed E-state index contributed by atoms with van der Waals surface area (Å²) in [5.41, 5.74) is 1.46. The molecule has 4 rings (SSSR count). The number of anilines is 1. The molecule has 28 heavy (non-hydrogen) atoms. The van der Waals surface area contributed by atoms with Gasteiger partial charge in [0.25, 0.3) is 0 Å². The quantitative estimate of drug-likeness (QED) is 0.615. The van der Waals surface area contributed by atoms with Gasteiger partial charge >= 0.3 is 12.1 Å². The predicted octanol–water partition coefficient (Wildman–Crippen LogP) is 4.47. The van der Waals surface area contributed by atoms with Crippen molar-refractivity contribution in [3.63, 3.8) is 0 Å². The Hall–Kier alpha value is -2.94. The topological polar surface area (TPSA) is 51.4 Å². The summed E-state index contributed by atoms with van der Waals surface area (Å²) in [5, 5.41) is 3.24. The molecule has 3 aromatic rings. The lowest BCUT2D eigenvalue weighted by Crippen LogP contribution is -2.39. The van der Waals surface area contributed by atoms with Gasteiger partial charge in [0.15, 0.2) is 0 Å². The van der Waals surface area contributed by atoms with Crippen LogP contribution in [-0.2, 0) is 10.9 Å². The maximum atomic E-state index is 14.7. The fourth-order valence-corrected chi connectivity index (χ4v) is 3.18. The van der Waals surface area contributed by atoms with Crippen molar-refractivity contribution in [2.75, 3.05) is 24.7 Å². The normalized spacial score (nSPS) is 17.7. The number of halogens is 4. The van der Waals surface area contributed by atoms with Crippen LogP contribution in [0.3, 0.4) is 0 Å². The van der Waals surface area contributed by atoms with Gasteiger partial charge < -0.3 is 14.2 Å². The Bertz CT molecular complexity index is 959. The van der Waals surface area contributed by atoms with Crippen molar-refractivity contribution in [1.29, 1.82) is 0 Å². The first-order valence-corrected chi connectivity index (χ1v) is 8.53. The van der Waals surface area contributed by atoms with Crippen LogP contribution in [-0.4, -0.2) is 29.9 Å². The van der Waals surface area contributed by atoms with Gasteiger partial charge in [-0.05, 0) is 23.8 Å². The van der Waals surface area contributed by atoms with E-state index in [4.69, 9.17) is 4.74 Å². The average molecular weight is 393 g/mol. The summed E-state index contributed by atoms with van der Waals surface area (Å²) in [7, 11) is 0. The molecule has 0 N–H and O–H groups in total. The highest BCUT2D eigenvalue weighted by atomic mass is 19.4. The van der Waals surface area contributed by atoms with E-state index in [2.05, 4.69) is 14.7 Å². The van der Waals surface area contributed by atoms with Crippen LogP contribution in [0.5, 0.6) is 0 Å². The van der Waals surface area contributed by atoms with Gasteiger partial charge in [0.05, 0.1) is 24.8 Å². The highest BCUT2D eigenvalue weighted by molar-refractivity contribution is 5.62. The van der Waals surface area contributed by atoms with Gasteiger partial charge in [-0.15, -0.1) is 0 Å². The standard InChI is InChI=1S/C19H15F4N3O2/c20-15-10-13(6-7-14(15)17-24-18(28-25-17)19(21,22)23)26-8-9-27-11-16(26)12-4-2-1-3-5-12/h1-7,10,16H,8-9,11H2/t16-/m0/s1. The number of ether oxygens (including phenoxy) is 1. The largest absolute Gasteiger partial charge is 0.471 e. The summed E-state index contributed by atoms with van der Waals surface area (Å²) >= 11 is 0.